The van der Waals surface area contributed by atoms with Crippen molar-refractivity contribution >= 4 is 5.69 Å². The highest BCUT2D eigenvalue weighted by Gasteiger charge is 2.26. The average molecular weight is 359 g/mol. The van der Waals surface area contributed by atoms with Crippen molar-refractivity contribution in [3.05, 3.63) is 48.0 Å². The zero-order valence-corrected chi connectivity index (χ0v) is 16.0. The van der Waals surface area contributed by atoms with Crippen LogP contribution in [0.3, 0.4) is 0 Å². The molecule has 1 heterocycles. The van der Waals surface area contributed by atoms with Gasteiger partial charge in [0.1, 0.15) is 17.7 Å². The van der Waals surface area contributed by atoms with E-state index in [1.807, 2.05) is 52.0 Å². The Labute approximate surface area is 155 Å². The third-order valence-electron chi connectivity index (χ3n) is 3.93. The van der Waals surface area contributed by atoms with Gasteiger partial charge in [-0.15, -0.1) is 0 Å². The summed E-state index contributed by atoms with van der Waals surface area (Å²) in [6.45, 7) is 9.54. The van der Waals surface area contributed by atoms with Gasteiger partial charge in [-0.2, -0.15) is 0 Å². The van der Waals surface area contributed by atoms with Gasteiger partial charge in [0, 0.05) is 35.6 Å². The molecule has 1 aromatic carbocycles. The van der Waals surface area contributed by atoms with Crippen LogP contribution in [0.2, 0.25) is 0 Å². The number of benzene rings is 1. The van der Waals surface area contributed by atoms with Crippen molar-refractivity contribution in [3.8, 4) is 5.75 Å². The lowest BCUT2D eigenvalue weighted by molar-refractivity contribution is 0.0188. The highest BCUT2D eigenvalue weighted by molar-refractivity contribution is 5.50. The fourth-order valence-corrected chi connectivity index (χ4v) is 2.56. The van der Waals surface area contributed by atoms with Gasteiger partial charge in [-0.25, -0.2) is 9.97 Å². The van der Waals surface area contributed by atoms with Crippen LogP contribution in [0.5, 0.6) is 5.75 Å². The predicted molar refractivity (Wildman–Crippen MR) is 102 cm³/mol. The lowest BCUT2D eigenvalue weighted by Crippen LogP contribution is -2.34. The number of aromatic nitrogens is 2. The molecule has 0 bridgehead atoms. The summed E-state index contributed by atoms with van der Waals surface area (Å²) in [5.74, 6) is 1.70. The molecule has 6 heteroatoms. The Hall–Kier alpha value is -2.18. The van der Waals surface area contributed by atoms with Crippen molar-refractivity contribution in [2.24, 2.45) is 0 Å². The van der Waals surface area contributed by atoms with Crippen LogP contribution in [-0.2, 0) is 0 Å². The first kappa shape index (κ1) is 20.1. The number of ether oxygens (including phenoxy) is 1. The minimum Gasteiger partial charge on any atom is -0.491 e. The van der Waals surface area contributed by atoms with Crippen molar-refractivity contribution in [2.45, 2.75) is 64.9 Å². The van der Waals surface area contributed by atoms with E-state index in [1.165, 1.54) is 0 Å². The Morgan fingerprint density at radius 2 is 1.65 bits per heavy atom. The molecule has 2 rings (SSSR count). The maximum atomic E-state index is 10.5. The van der Waals surface area contributed by atoms with E-state index in [0.717, 1.165) is 17.3 Å². The van der Waals surface area contributed by atoms with Gasteiger partial charge in [0.15, 0.2) is 0 Å². The molecule has 26 heavy (non-hydrogen) atoms. The van der Waals surface area contributed by atoms with Gasteiger partial charge in [-0.1, -0.05) is 19.9 Å². The number of hydrogen-bond acceptors (Lipinski definition) is 6. The molecule has 0 unspecified atom stereocenters. The highest BCUT2D eigenvalue weighted by Crippen LogP contribution is 2.27. The highest BCUT2D eigenvalue weighted by atomic mass is 16.5. The molecule has 1 aromatic heterocycles. The van der Waals surface area contributed by atoms with Crippen molar-refractivity contribution in [1.82, 2.24) is 9.97 Å². The lowest BCUT2D eigenvalue weighted by Gasteiger charge is -2.27. The number of aliphatic hydroxyl groups is 2. The van der Waals surface area contributed by atoms with Gasteiger partial charge in [-0.3, -0.25) is 0 Å². The standard InChI is InChI=1S/C20H29N3O3/c1-12(2)20-21-10-15(11-22-20)18(19(25)14(5)24)23-16-7-6-8-17(9-16)26-13(3)4/h6-14,18-19,23-25H,1-5H3/t14-,18+,19+/m0/s1. The number of anilines is 1. The molecule has 0 amide bonds. The Morgan fingerprint density at radius 1 is 1.00 bits per heavy atom. The van der Waals surface area contributed by atoms with E-state index in [2.05, 4.69) is 15.3 Å². The van der Waals surface area contributed by atoms with Gasteiger partial charge in [0.05, 0.1) is 18.2 Å². The molecule has 0 aliphatic rings. The van der Waals surface area contributed by atoms with E-state index in [1.54, 1.807) is 19.3 Å². The quantitative estimate of drug-likeness (QED) is 0.670. The molecule has 3 atom stereocenters. The van der Waals surface area contributed by atoms with Crippen LogP contribution in [0, 0.1) is 0 Å². The third kappa shape index (κ3) is 5.41. The molecule has 3 N–H and O–H groups in total. The molecule has 0 fully saturated rings. The van der Waals surface area contributed by atoms with E-state index in [0.29, 0.717) is 5.56 Å². The largest absolute Gasteiger partial charge is 0.491 e. The van der Waals surface area contributed by atoms with E-state index in [9.17, 15) is 10.2 Å². The Balaban J connectivity index is 2.28. The molecule has 0 saturated carbocycles. The van der Waals surface area contributed by atoms with E-state index in [4.69, 9.17) is 4.74 Å². The first-order valence-electron chi connectivity index (χ1n) is 8.99. The van der Waals surface area contributed by atoms with E-state index in [-0.39, 0.29) is 12.0 Å². The van der Waals surface area contributed by atoms with Crippen LogP contribution < -0.4 is 10.1 Å². The molecular weight excluding hydrogens is 330 g/mol. The molecule has 0 radical (unpaired) electrons. The van der Waals surface area contributed by atoms with Crippen molar-refractivity contribution in [2.75, 3.05) is 5.32 Å². The monoisotopic (exact) mass is 359 g/mol. The SMILES string of the molecule is CC(C)Oc1cccc(N[C@H](c2cnc(C(C)C)nc2)[C@H](O)[C@H](C)O)c1. The van der Waals surface area contributed by atoms with Crippen molar-refractivity contribution < 1.29 is 14.9 Å². The fourth-order valence-electron chi connectivity index (χ4n) is 2.56. The van der Waals surface area contributed by atoms with Crippen molar-refractivity contribution in [1.29, 1.82) is 0 Å². The summed E-state index contributed by atoms with van der Waals surface area (Å²) >= 11 is 0. The number of aliphatic hydroxyl groups excluding tert-OH is 2. The van der Waals surface area contributed by atoms with Crippen LogP contribution >= 0.6 is 0 Å². The molecule has 0 spiro atoms. The van der Waals surface area contributed by atoms with Gasteiger partial charge in [-0.05, 0) is 32.9 Å². The van der Waals surface area contributed by atoms with Crippen LogP contribution in [0.25, 0.3) is 0 Å². The molecule has 0 saturated heterocycles. The maximum Gasteiger partial charge on any atom is 0.130 e. The second-order valence-corrected chi connectivity index (χ2v) is 7.08. The molecular formula is C20H29N3O3. The Bertz CT molecular complexity index is 687. The molecule has 0 aliphatic heterocycles. The zero-order chi connectivity index (χ0) is 19.3. The summed E-state index contributed by atoms with van der Waals surface area (Å²) in [7, 11) is 0. The number of hydrogen-bond donors (Lipinski definition) is 3. The summed E-state index contributed by atoms with van der Waals surface area (Å²) in [5, 5.41) is 23.7. The first-order chi connectivity index (χ1) is 12.3. The molecule has 142 valence electrons. The van der Waals surface area contributed by atoms with Crippen LogP contribution in [0.15, 0.2) is 36.7 Å². The van der Waals surface area contributed by atoms with Crippen LogP contribution in [-0.4, -0.2) is 38.5 Å². The third-order valence-corrected chi connectivity index (χ3v) is 3.93. The lowest BCUT2D eigenvalue weighted by atomic mass is 10.00. The Morgan fingerprint density at radius 3 is 2.19 bits per heavy atom. The minimum atomic E-state index is -1.02. The van der Waals surface area contributed by atoms with E-state index >= 15 is 0 Å². The molecule has 6 nitrogen and oxygen atoms in total. The topological polar surface area (TPSA) is 87.5 Å². The van der Waals surface area contributed by atoms with E-state index < -0.39 is 18.2 Å². The minimum absolute atomic E-state index is 0.0704. The van der Waals surface area contributed by atoms with Gasteiger partial charge >= 0.3 is 0 Å². The van der Waals surface area contributed by atoms with Crippen LogP contribution in [0.4, 0.5) is 5.69 Å². The maximum absolute atomic E-state index is 10.5. The fraction of sp³-hybridized carbons (Fsp3) is 0.500. The zero-order valence-electron chi connectivity index (χ0n) is 16.0. The second kappa shape index (κ2) is 8.96. The summed E-state index contributed by atoms with van der Waals surface area (Å²) < 4.78 is 5.72. The van der Waals surface area contributed by atoms with Gasteiger partial charge in [0.25, 0.3) is 0 Å². The normalized spacial score (nSPS) is 15.0. The van der Waals surface area contributed by atoms with Gasteiger partial charge < -0.3 is 20.3 Å². The first-order valence-corrected chi connectivity index (χ1v) is 8.99. The van der Waals surface area contributed by atoms with Crippen LogP contribution in [0.1, 0.15) is 58.0 Å². The summed E-state index contributed by atoms with van der Waals surface area (Å²) in [5.41, 5.74) is 1.48. The predicted octanol–water partition coefficient (Wildman–Crippen LogP) is 3.28. The Kier molecular flexibility index (Phi) is 6.94. The molecule has 0 aliphatic carbocycles. The average Bonchev–Trinajstić information content (AvgIpc) is 2.59. The number of nitrogens with zero attached hydrogens (tertiary/aromatic N) is 2. The van der Waals surface area contributed by atoms with Crippen molar-refractivity contribution in [3.63, 3.8) is 0 Å². The second-order valence-electron chi connectivity index (χ2n) is 7.08. The summed E-state index contributed by atoms with van der Waals surface area (Å²) in [4.78, 5) is 8.74. The number of rotatable bonds is 8. The smallest absolute Gasteiger partial charge is 0.130 e. The summed E-state index contributed by atoms with van der Waals surface area (Å²) in [6, 6.07) is 6.96. The number of nitrogens with one attached hydrogen (secondary N) is 1. The van der Waals surface area contributed by atoms with Gasteiger partial charge in [0.2, 0.25) is 0 Å². The molecule has 2 aromatic rings. The summed E-state index contributed by atoms with van der Waals surface area (Å²) in [6.07, 6.45) is 1.53.